The molecular formula is C14H19N3O2. The van der Waals surface area contributed by atoms with Crippen molar-refractivity contribution < 1.29 is 9.53 Å². The molecule has 1 aromatic carbocycles. The highest BCUT2D eigenvalue weighted by Crippen LogP contribution is 2.17. The zero-order chi connectivity index (χ0) is 14.0. The van der Waals surface area contributed by atoms with Gasteiger partial charge in [-0.25, -0.2) is 4.68 Å². The summed E-state index contributed by atoms with van der Waals surface area (Å²) in [7, 11) is 0. The summed E-state index contributed by atoms with van der Waals surface area (Å²) in [5.74, 6) is 0.0556. The summed E-state index contributed by atoms with van der Waals surface area (Å²) in [5, 5.41) is 8.08. The van der Waals surface area contributed by atoms with Crippen molar-refractivity contribution in [3.05, 3.63) is 23.3 Å². The van der Waals surface area contributed by atoms with Crippen molar-refractivity contribution in [1.29, 1.82) is 0 Å². The first kappa shape index (κ1) is 13.5. The standard InChI is InChI=1S/C14H19N3O2/c1-9(2)8-19-14(18)7-17-13-6-11(4)10(3)5-12(13)15-16-17/h5-6,9H,7-8H2,1-4H3. The lowest BCUT2D eigenvalue weighted by atomic mass is 10.1. The molecule has 0 amide bonds. The van der Waals surface area contributed by atoms with Crippen molar-refractivity contribution in [3.63, 3.8) is 0 Å². The first-order valence-electron chi connectivity index (χ1n) is 6.43. The van der Waals surface area contributed by atoms with E-state index in [1.165, 1.54) is 5.56 Å². The Kier molecular flexibility index (Phi) is 3.83. The Morgan fingerprint density at radius 3 is 2.68 bits per heavy atom. The van der Waals surface area contributed by atoms with Crippen molar-refractivity contribution in [2.45, 2.75) is 34.2 Å². The Hall–Kier alpha value is -1.91. The van der Waals surface area contributed by atoms with Gasteiger partial charge in [0.1, 0.15) is 12.1 Å². The third kappa shape index (κ3) is 3.10. The molecule has 1 heterocycles. The van der Waals surface area contributed by atoms with Gasteiger partial charge in [0.15, 0.2) is 0 Å². The second kappa shape index (κ2) is 5.38. The second-order valence-electron chi connectivity index (χ2n) is 5.25. The van der Waals surface area contributed by atoms with E-state index in [-0.39, 0.29) is 12.5 Å². The van der Waals surface area contributed by atoms with Crippen molar-refractivity contribution in [2.75, 3.05) is 6.61 Å². The Balaban J connectivity index is 2.17. The predicted molar refractivity (Wildman–Crippen MR) is 72.8 cm³/mol. The van der Waals surface area contributed by atoms with Gasteiger partial charge in [-0.15, -0.1) is 5.10 Å². The van der Waals surface area contributed by atoms with Gasteiger partial charge in [-0.2, -0.15) is 0 Å². The number of carbonyl (C=O) groups excluding carboxylic acids is 1. The van der Waals surface area contributed by atoms with E-state index in [2.05, 4.69) is 10.3 Å². The lowest BCUT2D eigenvalue weighted by Crippen LogP contribution is -2.17. The van der Waals surface area contributed by atoms with Gasteiger partial charge in [0.05, 0.1) is 12.1 Å². The molecule has 0 saturated carbocycles. The number of hydrogen-bond acceptors (Lipinski definition) is 4. The van der Waals surface area contributed by atoms with Crippen LogP contribution < -0.4 is 0 Å². The molecule has 0 aliphatic carbocycles. The van der Waals surface area contributed by atoms with Crippen LogP contribution in [0.1, 0.15) is 25.0 Å². The topological polar surface area (TPSA) is 57.0 Å². The Bertz CT molecular complexity index is 602. The fourth-order valence-electron chi connectivity index (χ4n) is 1.77. The Morgan fingerprint density at radius 2 is 2.00 bits per heavy atom. The molecule has 0 fully saturated rings. The average Bonchev–Trinajstić information content (AvgIpc) is 2.70. The molecule has 1 aromatic heterocycles. The van der Waals surface area contributed by atoms with Crippen LogP contribution in [0.2, 0.25) is 0 Å². The molecule has 2 rings (SSSR count). The molecule has 0 aliphatic rings. The minimum absolute atomic E-state index is 0.103. The van der Waals surface area contributed by atoms with E-state index in [0.717, 1.165) is 16.6 Å². The summed E-state index contributed by atoms with van der Waals surface area (Å²) in [5.41, 5.74) is 4.00. The number of esters is 1. The molecule has 0 unspecified atom stereocenters. The first-order valence-corrected chi connectivity index (χ1v) is 6.43. The van der Waals surface area contributed by atoms with E-state index in [9.17, 15) is 4.79 Å². The number of nitrogens with zero attached hydrogens (tertiary/aromatic N) is 3. The smallest absolute Gasteiger partial charge is 0.327 e. The minimum atomic E-state index is -0.279. The number of benzene rings is 1. The number of fused-ring (bicyclic) bond motifs is 1. The van der Waals surface area contributed by atoms with Gasteiger partial charge >= 0.3 is 5.97 Å². The highest BCUT2D eigenvalue weighted by atomic mass is 16.5. The molecule has 5 heteroatoms. The lowest BCUT2D eigenvalue weighted by Gasteiger charge is -2.07. The summed E-state index contributed by atoms with van der Waals surface area (Å²) >= 11 is 0. The molecule has 0 atom stereocenters. The monoisotopic (exact) mass is 261 g/mol. The number of rotatable bonds is 4. The van der Waals surface area contributed by atoms with Crippen LogP contribution in [0, 0.1) is 19.8 Å². The molecule has 5 nitrogen and oxygen atoms in total. The Morgan fingerprint density at radius 1 is 1.32 bits per heavy atom. The van der Waals surface area contributed by atoms with E-state index < -0.39 is 0 Å². The maximum atomic E-state index is 11.7. The molecule has 0 spiro atoms. The molecule has 0 saturated heterocycles. The summed E-state index contributed by atoms with van der Waals surface area (Å²) in [6.07, 6.45) is 0. The van der Waals surface area contributed by atoms with E-state index in [1.54, 1.807) is 4.68 Å². The maximum absolute atomic E-state index is 11.7. The van der Waals surface area contributed by atoms with Gasteiger partial charge in [0.25, 0.3) is 0 Å². The molecule has 0 radical (unpaired) electrons. The third-order valence-electron chi connectivity index (χ3n) is 2.99. The van der Waals surface area contributed by atoms with Crippen LogP contribution in [-0.4, -0.2) is 27.6 Å². The van der Waals surface area contributed by atoms with Gasteiger partial charge in [-0.05, 0) is 43.0 Å². The number of ether oxygens (including phenoxy) is 1. The van der Waals surface area contributed by atoms with Crippen molar-refractivity contribution >= 4 is 17.0 Å². The molecule has 0 bridgehead atoms. The highest BCUT2D eigenvalue weighted by Gasteiger charge is 2.11. The van der Waals surface area contributed by atoms with E-state index in [1.807, 2.05) is 39.8 Å². The summed E-state index contributed by atoms with van der Waals surface area (Å²) in [6, 6.07) is 3.98. The first-order chi connectivity index (χ1) is 8.97. The van der Waals surface area contributed by atoms with Crippen LogP contribution in [-0.2, 0) is 16.1 Å². The van der Waals surface area contributed by atoms with Crippen LogP contribution in [0.3, 0.4) is 0 Å². The summed E-state index contributed by atoms with van der Waals surface area (Å²) in [4.78, 5) is 11.7. The van der Waals surface area contributed by atoms with Crippen molar-refractivity contribution in [3.8, 4) is 0 Å². The molecular weight excluding hydrogens is 242 g/mol. The zero-order valence-corrected chi connectivity index (χ0v) is 11.8. The predicted octanol–water partition coefficient (Wildman–Crippen LogP) is 2.25. The molecule has 102 valence electrons. The largest absolute Gasteiger partial charge is 0.464 e. The quantitative estimate of drug-likeness (QED) is 0.792. The van der Waals surface area contributed by atoms with Gasteiger partial charge in [-0.3, -0.25) is 4.79 Å². The second-order valence-corrected chi connectivity index (χ2v) is 5.25. The third-order valence-corrected chi connectivity index (χ3v) is 2.99. The number of hydrogen-bond donors (Lipinski definition) is 0. The Labute approximate surface area is 112 Å². The number of carbonyl (C=O) groups is 1. The van der Waals surface area contributed by atoms with E-state index in [0.29, 0.717) is 12.5 Å². The normalized spacial score (nSPS) is 11.2. The molecule has 0 aliphatic heterocycles. The van der Waals surface area contributed by atoms with Gasteiger partial charge < -0.3 is 4.74 Å². The lowest BCUT2D eigenvalue weighted by molar-refractivity contribution is -0.145. The fraction of sp³-hybridized carbons (Fsp3) is 0.500. The molecule has 0 N–H and O–H groups in total. The molecule has 2 aromatic rings. The van der Waals surface area contributed by atoms with E-state index >= 15 is 0 Å². The highest BCUT2D eigenvalue weighted by molar-refractivity contribution is 5.78. The van der Waals surface area contributed by atoms with E-state index in [4.69, 9.17) is 4.74 Å². The van der Waals surface area contributed by atoms with Crippen LogP contribution in [0.5, 0.6) is 0 Å². The number of aryl methyl sites for hydroxylation is 2. The van der Waals surface area contributed by atoms with Crippen LogP contribution >= 0.6 is 0 Å². The average molecular weight is 261 g/mol. The minimum Gasteiger partial charge on any atom is -0.464 e. The van der Waals surface area contributed by atoms with Crippen molar-refractivity contribution in [1.82, 2.24) is 15.0 Å². The SMILES string of the molecule is Cc1cc2nnn(CC(=O)OCC(C)C)c2cc1C. The summed E-state index contributed by atoms with van der Waals surface area (Å²) < 4.78 is 6.74. The molecule has 19 heavy (non-hydrogen) atoms. The summed E-state index contributed by atoms with van der Waals surface area (Å²) in [6.45, 7) is 8.61. The van der Waals surface area contributed by atoms with Gasteiger partial charge in [-0.1, -0.05) is 19.1 Å². The maximum Gasteiger partial charge on any atom is 0.327 e. The van der Waals surface area contributed by atoms with Crippen LogP contribution in [0.4, 0.5) is 0 Å². The van der Waals surface area contributed by atoms with Crippen LogP contribution in [0.25, 0.3) is 11.0 Å². The van der Waals surface area contributed by atoms with Gasteiger partial charge in [0.2, 0.25) is 0 Å². The van der Waals surface area contributed by atoms with Gasteiger partial charge in [0, 0.05) is 0 Å². The van der Waals surface area contributed by atoms with Crippen molar-refractivity contribution in [2.24, 2.45) is 5.92 Å². The van der Waals surface area contributed by atoms with Crippen LogP contribution in [0.15, 0.2) is 12.1 Å². The number of aromatic nitrogens is 3. The zero-order valence-electron chi connectivity index (χ0n) is 11.8. The fourth-order valence-corrected chi connectivity index (χ4v) is 1.77.